The fraction of sp³-hybridized carbons (Fsp3) is 0.125. The van der Waals surface area contributed by atoms with Crippen LogP contribution in [0.3, 0.4) is 0 Å². The van der Waals surface area contributed by atoms with Crippen molar-refractivity contribution in [2.75, 3.05) is 11.9 Å². The molecule has 0 spiro atoms. The maximum absolute atomic E-state index is 8.30. The molecule has 0 saturated heterocycles. The summed E-state index contributed by atoms with van der Waals surface area (Å²) in [7, 11) is 0. The lowest BCUT2D eigenvalue weighted by Gasteiger charge is -2.06. The van der Waals surface area contributed by atoms with E-state index in [-0.39, 0.29) is 0 Å². The van der Waals surface area contributed by atoms with E-state index in [0.29, 0.717) is 6.54 Å². The molecule has 0 saturated carbocycles. The third kappa shape index (κ3) is 3.73. The standard InChI is InChI=1S/C16H14BrN3/c17-12-16(10-11-19-20-18)15-8-6-14(7-9-15)13-4-2-1-3-5-13/h1-10H,11-12H2. The first kappa shape index (κ1) is 14.4. The summed E-state index contributed by atoms with van der Waals surface area (Å²) in [5, 5.41) is 4.27. The third-order valence-corrected chi connectivity index (χ3v) is 3.59. The maximum atomic E-state index is 8.30. The molecule has 3 nitrogen and oxygen atoms in total. The number of benzene rings is 2. The molecule has 4 heteroatoms. The van der Waals surface area contributed by atoms with Gasteiger partial charge in [-0.2, -0.15) is 0 Å². The molecule has 0 aliphatic carbocycles. The minimum Gasteiger partial charge on any atom is -0.0899 e. The van der Waals surface area contributed by atoms with Crippen molar-refractivity contribution < 1.29 is 0 Å². The Labute approximate surface area is 126 Å². The second-order valence-electron chi connectivity index (χ2n) is 4.22. The molecular weight excluding hydrogens is 314 g/mol. The summed E-state index contributed by atoms with van der Waals surface area (Å²) in [5.41, 5.74) is 13.0. The number of halogens is 1. The Kier molecular flexibility index (Phi) is 5.42. The quantitative estimate of drug-likeness (QED) is 0.304. The minimum absolute atomic E-state index is 0.373. The van der Waals surface area contributed by atoms with E-state index < -0.39 is 0 Å². The van der Waals surface area contributed by atoms with Gasteiger partial charge in [-0.25, -0.2) is 0 Å². The Morgan fingerprint density at radius 2 is 1.70 bits per heavy atom. The maximum Gasteiger partial charge on any atom is 0.0446 e. The summed E-state index contributed by atoms with van der Waals surface area (Å²) in [6.45, 7) is 0.373. The van der Waals surface area contributed by atoms with Crippen LogP contribution in [-0.4, -0.2) is 11.9 Å². The lowest BCUT2D eigenvalue weighted by atomic mass is 10.0. The summed E-state index contributed by atoms with van der Waals surface area (Å²) in [5.74, 6) is 0. The molecule has 20 heavy (non-hydrogen) atoms. The van der Waals surface area contributed by atoms with E-state index in [2.05, 4.69) is 62.4 Å². The summed E-state index contributed by atoms with van der Waals surface area (Å²) < 4.78 is 0. The number of nitrogens with zero attached hydrogens (tertiary/aromatic N) is 3. The monoisotopic (exact) mass is 327 g/mol. The van der Waals surface area contributed by atoms with Gasteiger partial charge >= 0.3 is 0 Å². The van der Waals surface area contributed by atoms with E-state index in [1.54, 1.807) is 0 Å². The van der Waals surface area contributed by atoms with Crippen LogP contribution in [0.15, 0.2) is 65.8 Å². The highest BCUT2D eigenvalue weighted by Crippen LogP contribution is 2.23. The van der Waals surface area contributed by atoms with E-state index in [4.69, 9.17) is 5.53 Å². The molecule has 2 aromatic carbocycles. The topological polar surface area (TPSA) is 48.8 Å². The average molecular weight is 328 g/mol. The molecule has 2 aromatic rings. The minimum atomic E-state index is 0.373. The second-order valence-corrected chi connectivity index (χ2v) is 4.78. The first-order valence-corrected chi connectivity index (χ1v) is 7.39. The molecule has 0 bridgehead atoms. The summed E-state index contributed by atoms with van der Waals surface area (Å²) in [4.78, 5) is 2.75. The Morgan fingerprint density at radius 1 is 1.05 bits per heavy atom. The normalized spacial score (nSPS) is 10.9. The largest absolute Gasteiger partial charge is 0.0899 e. The van der Waals surface area contributed by atoms with E-state index in [9.17, 15) is 0 Å². The van der Waals surface area contributed by atoms with Crippen molar-refractivity contribution in [1.29, 1.82) is 0 Å². The molecule has 0 heterocycles. The molecule has 100 valence electrons. The SMILES string of the molecule is [N-]=[N+]=NCC=C(CBr)c1ccc(-c2ccccc2)cc1. The van der Waals surface area contributed by atoms with E-state index in [1.165, 1.54) is 11.1 Å². The van der Waals surface area contributed by atoms with Crippen molar-refractivity contribution in [3.05, 3.63) is 76.7 Å². The molecule has 0 amide bonds. The first-order valence-electron chi connectivity index (χ1n) is 6.27. The third-order valence-electron chi connectivity index (χ3n) is 2.99. The molecule has 0 aromatic heterocycles. The first-order chi connectivity index (χ1) is 9.85. The van der Waals surface area contributed by atoms with Crippen molar-refractivity contribution in [2.45, 2.75) is 0 Å². The second kappa shape index (κ2) is 7.53. The zero-order chi connectivity index (χ0) is 14.2. The van der Waals surface area contributed by atoms with Gasteiger partial charge in [-0.05, 0) is 27.8 Å². The highest BCUT2D eigenvalue weighted by Gasteiger charge is 2.01. The average Bonchev–Trinajstić information content (AvgIpc) is 2.53. The van der Waals surface area contributed by atoms with Gasteiger partial charge in [0, 0.05) is 16.8 Å². The summed E-state index contributed by atoms with van der Waals surface area (Å²) in [6.07, 6.45) is 1.94. The predicted octanol–water partition coefficient (Wildman–Crippen LogP) is 5.44. The lowest BCUT2D eigenvalue weighted by Crippen LogP contribution is -1.88. The predicted molar refractivity (Wildman–Crippen MR) is 87.7 cm³/mol. The van der Waals surface area contributed by atoms with Crippen LogP contribution >= 0.6 is 15.9 Å². The van der Waals surface area contributed by atoms with Gasteiger partial charge in [0.1, 0.15) is 0 Å². The highest BCUT2D eigenvalue weighted by atomic mass is 79.9. The molecule has 0 N–H and O–H groups in total. The van der Waals surface area contributed by atoms with Gasteiger partial charge in [-0.1, -0.05) is 81.7 Å². The molecule has 0 atom stereocenters. The molecule has 0 aliphatic heterocycles. The Morgan fingerprint density at radius 3 is 2.30 bits per heavy atom. The van der Waals surface area contributed by atoms with Crippen LogP contribution < -0.4 is 0 Å². The Hall–Kier alpha value is -2.03. The van der Waals surface area contributed by atoms with Crippen molar-refractivity contribution in [1.82, 2.24) is 0 Å². The number of allylic oxidation sites excluding steroid dienone is 1. The van der Waals surface area contributed by atoms with Crippen molar-refractivity contribution >= 4 is 21.5 Å². The molecular formula is C16H14BrN3. The zero-order valence-corrected chi connectivity index (χ0v) is 12.5. The summed E-state index contributed by atoms with van der Waals surface area (Å²) in [6, 6.07) is 18.7. The van der Waals surface area contributed by atoms with Crippen LogP contribution in [0.2, 0.25) is 0 Å². The lowest BCUT2D eigenvalue weighted by molar-refractivity contribution is 1.21. The van der Waals surface area contributed by atoms with Crippen LogP contribution in [0.4, 0.5) is 0 Å². The van der Waals surface area contributed by atoms with Crippen LogP contribution in [-0.2, 0) is 0 Å². The van der Waals surface area contributed by atoms with Crippen LogP contribution in [0.25, 0.3) is 27.1 Å². The van der Waals surface area contributed by atoms with Crippen molar-refractivity contribution in [3.63, 3.8) is 0 Å². The van der Waals surface area contributed by atoms with Gasteiger partial charge in [-0.15, -0.1) is 0 Å². The van der Waals surface area contributed by atoms with E-state index in [1.807, 2.05) is 24.3 Å². The molecule has 0 aliphatic rings. The van der Waals surface area contributed by atoms with Gasteiger partial charge in [0.15, 0.2) is 0 Å². The van der Waals surface area contributed by atoms with Crippen LogP contribution in [0, 0.1) is 0 Å². The van der Waals surface area contributed by atoms with E-state index in [0.717, 1.165) is 16.5 Å². The molecule has 0 radical (unpaired) electrons. The number of alkyl halides is 1. The molecule has 2 rings (SSSR count). The highest BCUT2D eigenvalue weighted by molar-refractivity contribution is 9.09. The number of rotatable bonds is 5. The van der Waals surface area contributed by atoms with Crippen molar-refractivity contribution in [3.8, 4) is 11.1 Å². The van der Waals surface area contributed by atoms with E-state index >= 15 is 0 Å². The van der Waals surface area contributed by atoms with Gasteiger partial charge in [0.25, 0.3) is 0 Å². The number of azide groups is 1. The van der Waals surface area contributed by atoms with Crippen LogP contribution in [0.1, 0.15) is 5.56 Å². The fourth-order valence-electron chi connectivity index (χ4n) is 1.94. The zero-order valence-electron chi connectivity index (χ0n) is 10.9. The van der Waals surface area contributed by atoms with Crippen molar-refractivity contribution in [2.24, 2.45) is 5.11 Å². The van der Waals surface area contributed by atoms with Gasteiger partial charge in [0.05, 0.1) is 0 Å². The van der Waals surface area contributed by atoms with Gasteiger partial charge in [0.2, 0.25) is 0 Å². The number of hydrogen-bond acceptors (Lipinski definition) is 1. The van der Waals surface area contributed by atoms with Gasteiger partial charge < -0.3 is 0 Å². The fourth-order valence-corrected chi connectivity index (χ4v) is 2.50. The smallest absolute Gasteiger partial charge is 0.0446 e. The Balaban J connectivity index is 2.23. The Bertz CT molecular complexity index is 627. The van der Waals surface area contributed by atoms with Gasteiger partial charge in [-0.3, -0.25) is 0 Å². The summed E-state index contributed by atoms with van der Waals surface area (Å²) >= 11 is 3.47. The molecule has 0 fully saturated rings. The number of hydrogen-bond donors (Lipinski definition) is 0. The molecule has 0 unspecified atom stereocenters. The van der Waals surface area contributed by atoms with Crippen LogP contribution in [0.5, 0.6) is 0 Å².